The van der Waals surface area contributed by atoms with E-state index in [4.69, 9.17) is 4.74 Å². The molecule has 1 unspecified atom stereocenters. The molecule has 1 heterocycles. The summed E-state index contributed by atoms with van der Waals surface area (Å²) in [6.45, 7) is 3.88. The van der Waals surface area contributed by atoms with Crippen molar-refractivity contribution in [2.24, 2.45) is 0 Å². The minimum absolute atomic E-state index is 0.0427. The lowest BCUT2D eigenvalue weighted by molar-refractivity contribution is -0.274. The number of urea groups is 1. The van der Waals surface area contributed by atoms with Crippen LogP contribution in [0.5, 0.6) is 5.75 Å². The van der Waals surface area contributed by atoms with Gasteiger partial charge in [0.15, 0.2) is 0 Å². The largest absolute Gasteiger partial charge is 0.573 e. The van der Waals surface area contributed by atoms with E-state index in [1.165, 1.54) is 0 Å². The topological polar surface area (TPSA) is 79.9 Å². The zero-order valence-corrected chi connectivity index (χ0v) is 16.5. The molecule has 1 fully saturated rings. The smallest absolute Gasteiger partial charge is 0.444 e. The van der Waals surface area contributed by atoms with E-state index in [1.54, 1.807) is 20.8 Å². The number of amides is 3. The molecule has 1 aromatic rings. The molecular formula is C18H22F5N3O4. The third-order valence-corrected chi connectivity index (χ3v) is 3.90. The molecule has 0 aliphatic carbocycles. The summed E-state index contributed by atoms with van der Waals surface area (Å²) in [5.41, 5.74) is -0.751. The molecule has 1 saturated heterocycles. The van der Waals surface area contributed by atoms with Crippen molar-refractivity contribution in [3.8, 4) is 5.75 Å². The van der Waals surface area contributed by atoms with Crippen molar-refractivity contribution in [3.05, 3.63) is 24.3 Å². The highest BCUT2D eigenvalue weighted by Gasteiger charge is 2.47. The van der Waals surface area contributed by atoms with Gasteiger partial charge in [-0.1, -0.05) is 0 Å². The van der Waals surface area contributed by atoms with Gasteiger partial charge in [0.25, 0.3) is 5.92 Å². The predicted molar refractivity (Wildman–Crippen MR) is 96.4 cm³/mol. The summed E-state index contributed by atoms with van der Waals surface area (Å²) in [5.74, 6) is -3.90. The number of hydrogen-bond donors (Lipinski definition) is 2. The molecule has 30 heavy (non-hydrogen) atoms. The van der Waals surface area contributed by atoms with E-state index in [9.17, 15) is 31.5 Å². The van der Waals surface area contributed by atoms with Gasteiger partial charge < -0.3 is 25.0 Å². The van der Waals surface area contributed by atoms with Crippen LogP contribution in [0.15, 0.2) is 24.3 Å². The van der Waals surface area contributed by atoms with Crippen LogP contribution in [0.1, 0.15) is 27.2 Å². The lowest BCUT2D eigenvalue weighted by Gasteiger charge is -2.38. The van der Waals surface area contributed by atoms with Crippen LogP contribution in [-0.4, -0.2) is 54.0 Å². The van der Waals surface area contributed by atoms with E-state index in [-0.39, 0.29) is 18.7 Å². The number of anilines is 1. The number of hydrogen-bond acceptors (Lipinski definition) is 4. The van der Waals surface area contributed by atoms with Crippen LogP contribution >= 0.6 is 0 Å². The van der Waals surface area contributed by atoms with Gasteiger partial charge in [0.05, 0.1) is 12.6 Å². The van der Waals surface area contributed by atoms with Crippen molar-refractivity contribution in [2.45, 2.75) is 51.1 Å². The van der Waals surface area contributed by atoms with Crippen LogP contribution in [0.2, 0.25) is 0 Å². The number of ether oxygens (including phenoxy) is 2. The number of halogens is 5. The Labute approximate surface area is 169 Å². The third kappa shape index (κ3) is 7.23. The van der Waals surface area contributed by atoms with Crippen LogP contribution in [0.25, 0.3) is 0 Å². The van der Waals surface area contributed by atoms with E-state index in [0.717, 1.165) is 29.2 Å². The molecule has 1 atom stereocenters. The third-order valence-electron chi connectivity index (χ3n) is 3.90. The molecule has 0 radical (unpaired) electrons. The number of nitrogens with one attached hydrogen (secondary N) is 2. The zero-order chi connectivity index (χ0) is 22.7. The molecule has 0 saturated carbocycles. The Bertz CT molecular complexity index is 763. The highest BCUT2D eigenvalue weighted by Crippen LogP contribution is 2.29. The number of likely N-dealkylation sites (tertiary alicyclic amines) is 1. The van der Waals surface area contributed by atoms with Gasteiger partial charge in [0.1, 0.15) is 11.4 Å². The van der Waals surface area contributed by atoms with Gasteiger partial charge in [0, 0.05) is 12.2 Å². The second-order valence-electron chi connectivity index (χ2n) is 7.67. The number of piperidine rings is 1. The van der Waals surface area contributed by atoms with Gasteiger partial charge in [-0.2, -0.15) is 0 Å². The number of alkyl halides is 5. The Hall–Kier alpha value is -2.79. The van der Waals surface area contributed by atoms with Crippen molar-refractivity contribution < 1.29 is 41.0 Å². The highest BCUT2D eigenvalue weighted by molar-refractivity contribution is 5.89. The molecule has 1 aliphatic rings. The van der Waals surface area contributed by atoms with Gasteiger partial charge in [-0.15, -0.1) is 13.2 Å². The van der Waals surface area contributed by atoms with E-state index in [1.807, 2.05) is 0 Å². The summed E-state index contributed by atoms with van der Waals surface area (Å²) < 4.78 is 74.0. The first-order chi connectivity index (χ1) is 13.6. The fourth-order valence-electron chi connectivity index (χ4n) is 2.67. The Morgan fingerprint density at radius 1 is 1.13 bits per heavy atom. The maximum Gasteiger partial charge on any atom is 0.573 e. The molecule has 7 nitrogen and oxygen atoms in total. The summed E-state index contributed by atoms with van der Waals surface area (Å²) in [6.07, 6.45) is -5.93. The molecule has 0 bridgehead atoms. The van der Waals surface area contributed by atoms with E-state index >= 15 is 0 Å². The molecule has 2 rings (SSSR count). The molecule has 2 N–H and O–H groups in total. The Morgan fingerprint density at radius 2 is 1.73 bits per heavy atom. The zero-order valence-electron chi connectivity index (χ0n) is 16.5. The van der Waals surface area contributed by atoms with Crippen LogP contribution in [0, 0.1) is 0 Å². The molecule has 168 valence electrons. The molecule has 3 amide bonds. The molecule has 1 aliphatic heterocycles. The first kappa shape index (κ1) is 23.5. The van der Waals surface area contributed by atoms with Gasteiger partial charge >= 0.3 is 18.5 Å². The van der Waals surface area contributed by atoms with E-state index in [0.29, 0.717) is 0 Å². The standard InChI is InChI=1S/C18H22F5N3O4/c1-16(2,3)30-15(28)26-9-8-13(17(19,20)10-26)25-14(27)24-11-4-6-12(7-5-11)29-18(21,22)23/h4-7,13H,8-10H2,1-3H3,(H2,24,25,27). The normalized spacial score (nSPS) is 19.1. The van der Waals surface area contributed by atoms with Crippen molar-refractivity contribution in [3.63, 3.8) is 0 Å². The molecule has 0 spiro atoms. The average molecular weight is 439 g/mol. The predicted octanol–water partition coefficient (Wildman–Crippen LogP) is 4.35. The number of carbonyl (C=O) groups is 2. The lowest BCUT2D eigenvalue weighted by atomic mass is 10.0. The maximum atomic E-state index is 14.4. The van der Waals surface area contributed by atoms with Crippen molar-refractivity contribution >= 4 is 17.8 Å². The summed E-state index contributed by atoms with van der Waals surface area (Å²) in [6, 6.07) is 1.70. The first-order valence-electron chi connectivity index (χ1n) is 8.94. The van der Waals surface area contributed by atoms with Crippen LogP contribution in [0.3, 0.4) is 0 Å². The molecule has 1 aromatic carbocycles. The van der Waals surface area contributed by atoms with Crippen LogP contribution < -0.4 is 15.4 Å². The fourth-order valence-corrected chi connectivity index (χ4v) is 2.67. The van der Waals surface area contributed by atoms with Crippen molar-refractivity contribution in [1.29, 1.82) is 0 Å². The average Bonchev–Trinajstić information content (AvgIpc) is 2.55. The number of carbonyl (C=O) groups excluding carboxylic acids is 2. The van der Waals surface area contributed by atoms with E-state index in [2.05, 4.69) is 15.4 Å². The van der Waals surface area contributed by atoms with Gasteiger partial charge in [-0.05, 0) is 51.5 Å². The lowest BCUT2D eigenvalue weighted by Crippen LogP contribution is -2.60. The molecular weight excluding hydrogens is 417 g/mol. The van der Waals surface area contributed by atoms with Gasteiger partial charge in [0.2, 0.25) is 0 Å². The quantitative estimate of drug-likeness (QED) is 0.687. The second-order valence-corrected chi connectivity index (χ2v) is 7.67. The van der Waals surface area contributed by atoms with Crippen LogP contribution in [0.4, 0.5) is 37.2 Å². The minimum Gasteiger partial charge on any atom is -0.444 e. The van der Waals surface area contributed by atoms with Gasteiger partial charge in [-0.25, -0.2) is 18.4 Å². The Morgan fingerprint density at radius 3 is 2.23 bits per heavy atom. The summed E-state index contributed by atoms with van der Waals surface area (Å²) >= 11 is 0. The van der Waals surface area contributed by atoms with Gasteiger partial charge in [-0.3, -0.25) is 0 Å². The summed E-state index contributed by atoms with van der Waals surface area (Å²) in [5, 5.41) is 4.38. The van der Waals surface area contributed by atoms with Crippen molar-refractivity contribution in [1.82, 2.24) is 10.2 Å². The second kappa shape index (κ2) is 8.52. The summed E-state index contributed by atoms with van der Waals surface area (Å²) in [4.78, 5) is 24.9. The number of benzene rings is 1. The van der Waals surface area contributed by atoms with Crippen molar-refractivity contribution in [2.75, 3.05) is 18.4 Å². The Kier molecular flexibility index (Phi) is 6.67. The van der Waals surface area contributed by atoms with E-state index < -0.39 is 48.3 Å². The highest BCUT2D eigenvalue weighted by atomic mass is 19.4. The number of rotatable bonds is 3. The van der Waals surface area contributed by atoms with Crippen LogP contribution in [-0.2, 0) is 4.74 Å². The fraction of sp³-hybridized carbons (Fsp3) is 0.556. The number of nitrogens with zero attached hydrogens (tertiary/aromatic N) is 1. The SMILES string of the molecule is CC(C)(C)OC(=O)N1CCC(NC(=O)Nc2ccc(OC(F)(F)F)cc2)C(F)(F)C1. The monoisotopic (exact) mass is 439 g/mol. The minimum atomic E-state index is -4.86. The molecule has 12 heteroatoms. The first-order valence-corrected chi connectivity index (χ1v) is 8.94. The molecule has 0 aromatic heterocycles. The summed E-state index contributed by atoms with van der Waals surface area (Å²) in [7, 11) is 0. The Balaban J connectivity index is 1.90. The maximum absolute atomic E-state index is 14.4.